The molecule has 0 spiro atoms. The van der Waals surface area contributed by atoms with Crippen molar-refractivity contribution in [2.24, 2.45) is 5.41 Å². The first-order valence-electron chi connectivity index (χ1n) is 6.40. The fourth-order valence-electron chi connectivity index (χ4n) is 2.72. The molecule has 0 radical (unpaired) electrons. The second-order valence-electron chi connectivity index (χ2n) is 5.41. The normalized spacial score (nSPS) is 30.4. The zero-order chi connectivity index (χ0) is 11.3. The molecule has 1 aliphatic rings. The van der Waals surface area contributed by atoms with Gasteiger partial charge in [0.05, 0.1) is 0 Å². The van der Waals surface area contributed by atoms with Crippen molar-refractivity contribution in [2.45, 2.75) is 64.2 Å². The zero-order valence-electron chi connectivity index (χ0n) is 10.8. The number of rotatable bonds is 5. The van der Waals surface area contributed by atoms with Crippen LogP contribution in [0.5, 0.6) is 0 Å². The molecule has 1 rings (SSSR count). The third-order valence-electron chi connectivity index (χ3n) is 3.66. The smallest absolute Gasteiger partial charge is 0.0234 e. The molecule has 0 bridgehead atoms. The third-order valence-corrected chi connectivity index (χ3v) is 5.12. The van der Waals surface area contributed by atoms with E-state index in [1.807, 2.05) is 0 Å². The van der Waals surface area contributed by atoms with Gasteiger partial charge in [-0.3, -0.25) is 0 Å². The van der Waals surface area contributed by atoms with Crippen LogP contribution in [0.3, 0.4) is 0 Å². The number of unbranched alkanes of at least 4 members (excludes halogenated alkanes) is 1. The molecule has 0 heterocycles. The van der Waals surface area contributed by atoms with Crippen molar-refractivity contribution in [1.29, 1.82) is 0 Å². The van der Waals surface area contributed by atoms with E-state index >= 15 is 0 Å². The summed E-state index contributed by atoms with van der Waals surface area (Å²) in [5, 5.41) is 4.39. The van der Waals surface area contributed by atoms with Crippen LogP contribution in [0.1, 0.15) is 52.9 Å². The first-order valence-corrected chi connectivity index (χ1v) is 7.45. The highest BCUT2D eigenvalue weighted by Gasteiger charge is 2.37. The molecule has 0 amide bonds. The Balaban J connectivity index is 2.46. The highest BCUT2D eigenvalue weighted by Crippen LogP contribution is 2.40. The lowest BCUT2D eigenvalue weighted by atomic mass is 9.73. The molecule has 0 aliphatic heterocycles. The van der Waals surface area contributed by atoms with Crippen LogP contribution in [-0.2, 0) is 0 Å². The third kappa shape index (κ3) is 3.67. The molecule has 2 atom stereocenters. The maximum absolute atomic E-state index is 3.55. The molecule has 2 heteroatoms. The Bertz CT molecular complexity index is 179. The molecule has 1 fully saturated rings. The largest absolute Gasteiger partial charge is 0.315 e. The van der Waals surface area contributed by atoms with Gasteiger partial charge in [0.25, 0.3) is 0 Å². The average molecular weight is 229 g/mol. The Labute approximate surface area is 99.8 Å². The van der Waals surface area contributed by atoms with Crippen LogP contribution >= 0.6 is 11.8 Å². The second-order valence-corrected chi connectivity index (χ2v) is 6.76. The summed E-state index contributed by atoms with van der Waals surface area (Å²) in [6.45, 7) is 7.11. The van der Waals surface area contributed by atoms with E-state index in [0.717, 1.165) is 5.25 Å². The maximum atomic E-state index is 3.55. The van der Waals surface area contributed by atoms with E-state index in [1.165, 1.54) is 37.9 Å². The van der Waals surface area contributed by atoms with Crippen molar-refractivity contribution in [1.82, 2.24) is 5.32 Å². The molecule has 0 aromatic carbocycles. The first kappa shape index (κ1) is 13.4. The van der Waals surface area contributed by atoms with Crippen LogP contribution in [0.2, 0.25) is 0 Å². The minimum atomic E-state index is 0.483. The van der Waals surface area contributed by atoms with E-state index in [4.69, 9.17) is 0 Å². The number of nitrogens with one attached hydrogen (secondary N) is 1. The van der Waals surface area contributed by atoms with Gasteiger partial charge in [0.2, 0.25) is 0 Å². The quantitative estimate of drug-likeness (QED) is 0.722. The van der Waals surface area contributed by atoms with Crippen LogP contribution in [-0.4, -0.2) is 24.1 Å². The lowest BCUT2D eigenvalue weighted by Crippen LogP contribution is -2.50. The van der Waals surface area contributed by atoms with Gasteiger partial charge in [-0.1, -0.05) is 33.6 Å². The Morgan fingerprint density at radius 1 is 1.40 bits per heavy atom. The predicted octanol–water partition coefficient (Wildman–Crippen LogP) is 3.69. The van der Waals surface area contributed by atoms with Gasteiger partial charge in [-0.15, -0.1) is 0 Å². The van der Waals surface area contributed by atoms with Gasteiger partial charge in [0.1, 0.15) is 0 Å². The van der Waals surface area contributed by atoms with Crippen LogP contribution in [0.15, 0.2) is 0 Å². The van der Waals surface area contributed by atoms with Crippen LogP contribution in [0.4, 0.5) is 0 Å². The zero-order valence-corrected chi connectivity index (χ0v) is 11.6. The maximum Gasteiger partial charge on any atom is 0.0234 e. The summed E-state index contributed by atoms with van der Waals surface area (Å²) in [4.78, 5) is 0. The highest BCUT2D eigenvalue weighted by atomic mass is 32.2. The summed E-state index contributed by atoms with van der Waals surface area (Å²) in [5.41, 5.74) is 0.483. The van der Waals surface area contributed by atoms with E-state index < -0.39 is 0 Å². The summed E-state index contributed by atoms with van der Waals surface area (Å²) < 4.78 is 0. The molecule has 90 valence electrons. The van der Waals surface area contributed by atoms with Crippen LogP contribution in [0.25, 0.3) is 0 Å². The average Bonchev–Trinajstić information content (AvgIpc) is 2.17. The van der Waals surface area contributed by atoms with Crippen molar-refractivity contribution in [3.05, 3.63) is 0 Å². The second kappa shape index (κ2) is 6.15. The molecule has 0 aromatic rings. The lowest BCUT2D eigenvalue weighted by molar-refractivity contribution is 0.182. The van der Waals surface area contributed by atoms with Crippen molar-refractivity contribution in [3.8, 4) is 0 Å². The molecule has 2 unspecified atom stereocenters. The molecule has 15 heavy (non-hydrogen) atoms. The lowest BCUT2D eigenvalue weighted by Gasteiger charge is -2.43. The van der Waals surface area contributed by atoms with Crippen LogP contribution < -0.4 is 5.32 Å². The summed E-state index contributed by atoms with van der Waals surface area (Å²) in [5.74, 6) is 1.34. The summed E-state index contributed by atoms with van der Waals surface area (Å²) >= 11 is 2.19. The van der Waals surface area contributed by atoms with Crippen molar-refractivity contribution in [2.75, 3.05) is 12.8 Å². The van der Waals surface area contributed by atoms with Gasteiger partial charge in [-0.05, 0) is 37.5 Å². The summed E-state index contributed by atoms with van der Waals surface area (Å²) in [7, 11) is 2.13. The van der Waals surface area contributed by atoms with Gasteiger partial charge in [-0.25, -0.2) is 0 Å². The number of hydrogen-bond donors (Lipinski definition) is 1. The van der Waals surface area contributed by atoms with Gasteiger partial charge in [-0.2, -0.15) is 11.8 Å². The van der Waals surface area contributed by atoms with E-state index in [2.05, 4.69) is 44.9 Å². The highest BCUT2D eigenvalue weighted by molar-refractivity contribution is 7.99. The predicted molar refractivity (Wildman–Crippen MR) is 71.6 cm³/mol. The SMILES string of the molecule is CCCCSC1CCCC(C)(C)C1NC. The van der Waals surface area contributed by atoms with Crippen molar-refractivity contribution < 1.29 is 0 Å². The van der Waals surface area contributed by atoms with E-state index in [9.17, 15) is 0 Å². The molecule has 1 saturated carbocycles. The molecular weight excluding hydrogens is 202 g/mol. The van der Waals surface area contributed by atoms with E-state index in [-0.39, 0.29) is 0 Å². The van der Waals surface area contributed by atoms with Crippen LogP contribution in [0, 0.1) is 5.41 Å². The molecular formula is C13H27NS. The van der Waals surface area contributed by atoms with Gasteiger partial charge in [0, 0.05) is 11.3 Å². The Hall–Kier alpha value is 0.310. The van der Waals surface area contributed by atoms with E-state index in [0.29, 0.717) is 11.5 Å². The van der Waals surface area contributed by atoms with Crippen molar-refractivity contribution in [3.63, 3.8) is 0 Å². The standard InChI is InChI=1S/C13H27NS/c1-5-6-10-15-11-8-7-9-13(2,3)12(11)14-4/h11-12,14H,5-10H2,1-4H3. The minimum absolute atomic E-state index is 0.483. The molecule has 0 aromatic heterocycles. The number of hydrogen-bond acceptors (Lipinski definition) is 2. The van der Waals surface area contributed by atoms with Gasteiger partial charge >= 0.3 is 0 Å². The molecule has 0 saturated heterocycles. The fourth-order valence-corrected chi connectivity index (χ4v) is 4.51. The minimum Gasteiger partial charge on any atom is -0.315 e. The van der Waals surface area contributed by atoms with Gasteiger partial charge in [0.15, 0.2) is 0 Å². The first-order chi connectivity index (χ1) is 7.11. The monoisotopic (exact) mass is 229 g/mol. The molecule has 1 nitrogen and oxygen atoms in total. The Morgan fingerprint density at radius 3 is 2.73 bits per heavy atom. The number of thioether (sulfide) groups is 1. The topological polar surface area (TPSA) is 12.0 Å². The summed E-state index contributed by atoms with van der Waals surface area (Å²) in [6.07, 6.45) is 6.90. The van der Waals surface area contributed by atoms with E-state index in [1.54, 1.807) is 0 Å². The Kier molecular flexibility index (Phi) is 5.48. The molecule has 1 aliphatic carbocycles. The van der Waals surface area contributed by atoms with Gasteiger partial charge < -0.3 is 5.32 Å². The van der Waals surface area contributed by atoms with Crippen molar-refractivity contribution >= 4 is 11.8 Å². The summed E-state index contributed by atoms with van der Waals surface area (Å²) in [6, 6.07) is 0.702. The molecule has 1 N–H and O–H groups in total. The fraction of sp³-hybridized carbons (Fsp3) is 1.00. The Morgan fingerprint density at radius 2 is 2.13 bits per heavy atom.